The highest BCUT2D eigenvalue weighted by Crippen LogP contribution is 2.32. The van der Waals surface area contributed by atoms with Crippen LogP contribution in [0.4, 0.5) is 0 Å². The lowest BCUT2D eigenvalue weighted by atomic mass is 10.2. The predicted octanol–water partition coefficient (Wildman–Crippen LogP) is 4.67. The third kappa shape index (κ3) is 5.99. The molecule has 0 radical (unpaired) electrons. The summed E-state index contributed by atoms with van der Waals surface area (Å²) in [5, 5.41) is 17.2. The van der Waals surface area contributed by atoms with Gasteiger partial charge < -0.3 is 10.1 Å². The van der Waals surface area contributed by atoms with E-state index in [9.17, 15) is 0 Å². The van der Waals surface area contributed by atoms with Gasteiger partial charge in [0.2, 0.25) is 5.16 Å². The first-order chi connectivity index (χ1) is 13.2. The molecule has 1 N–H and O–H groups in total. The Balaban J connectivity index is 0.00000280. The molecule has 0 saturated carbocycles. The molecule has 0 aliphatic carbocycles. The molecule has 0 atom stereocenters. The van der Waals surface area contributed by atoms with Crippen molar-refractivity contribution in [1.82, 2.24) is 25.5 Å². The molecule has 0 fully saturated rings. The molecule has 1 aromatic heterocycles. The lowest BCUT2D eigenvalue weighted by molar-refractivity contribution is 0.408. The van der Waals surface area contributed by atoms with Crippen LogP contribution in [0, 0.1) is 0 Å². The van der Waals surface area contributed by atoms with Crippen LogP contribution in [0.1, 0.15) is 12.0 Å². The summed E-state index contributed by atoms with van der Waals surface area (Å²) in [6.45, 7) is 1.48. The number of nitrogens with one attached hydrogen (secondary N) is 1. The molecule has 0 aliphatic heterocycles. The number of hydrogen-bond acceptors (Lipinski definition) is 6. The largest absolute Gasteiger partial charge is 0.495 e. The Hall–Kier alpha value is -1.51. The minimum Gasteiger partial charge on any atom is -0.495 e. The number of aromatic nitrogens is 4. The zero-order chi connectivity index (χ0) is 19.1. The maximum Gasteiger partial charge on any atom is 0.214 e. The number of methoxy groups -OCH3 is 1. The van der Waals surface area contributed by atoms with Gasteiger partial charge >= 0.3 is 0 Å². The van der Waals surface area contributed by atoms with Gasteiger partial charge in [0.1, 0.15) is 5.75 Å². The number of ether oxygens (including phenoxy) is 1. The molecule has 3 rings (SSSR count). The normalized spacial score (nSPS) is 10.5. The number of rotatable bonds is 9. The molecule has 0 unspecified atom stereocenters. The third-order valence-electron chi connectivity index (χ3n) is 3.78. The molecule has 28 heavy (non-hydrogen) atoms. The Kier molecular flexibility index (Phi) is 9.34. The summed E-state index contributed by atoms with van der Waals surface area (Å²) < 4.78 is 7.10. The second-order valence-electron chi connectivity index (χ2n) is 5.67. The van der Waals surface area contributed by atoms with Crippen molar-refractivity contribution < 1.29 is 4.74 Å². The van der Waals surface area contributed by atoms with Crippen molar-refractivity contribution >= 4 is 47.4 Å². The van der Waals surface area contributed by atoms with E-state index >= 15 is 0 Å². The summed E-state index contributed by atoms with van der Waals surface area (Å²) in [6.07, 6.45) is 0.961. The summed E-state index contributed by atoms with van der Waals surface area (Å²) >= 11 is 13.9. The number of halogens is 3. The number of hydrogen-bond donors (Lipinski definition) is 1. The first-order valence-electron chi connectivity index (χ1n) is 8.38. The highest BCUT2D eigenvalue weighted by molar-refractivity contribution is 7.99. The van der Waals surface area contributed by atoms with Crippen LogP contribution in [0.25, 0.3) is 5.69 Å². The van der Waals surface area contributed by atoms with E-state index in [1.165, 1.54) is 0 Å². The van der Waals surface area contributed by atoms with Gasteiger partial charge in [0.05, 0.1) is 17.8 Å². The second-order valence-corrected chi connectivity index (χ2v) is 7.57. The summed E-state index contributed by atoms with van der Waals surface area (Å²) in [5.74, 6) is 1.55. The average Bonchev–Trinajstić information content (AvgIpc) is 3.13. The van der Waals surface area contributed by atoms with Crippen molar-refractivity contribution in [3.05, 3.63) is 58.1 Å². The number of thioether (sulfide) groups is 1. The van der Waals surface area contributed by atoms with E-state index in [1.54, 1.807) is 29.6 Å². The molecule has 0 saturated heterocycles. The fraction of sp³-hybridized carbons (Fsp3) is 0.278. The van der Waals surface area contributed by atoms with E-state index in [0.717, 1.165) is 35.1 Å². The Morgan fingerprint density at radius 2 is 1.96 bits per heavy atom. The van der Waals surface area contributed by atoms with Crippen molar-refractivity contribution in [2.45, 2.75) is 18.1 Å². The standard InChI is InChI=1S/C18H19Cl2N5OS.ClH/c1-26-17-13(10-14(19)11-16(17)20)12-21-8-5-9-27-18-22-23-24-25(18)15-6-3-2-4-7-15;/h2-4,6-7,10-11,21H,5,8-9,12H2,1H3;1H. The lowest BCUT2D eigenvalue weighted by Crippen LogP contribution is -2.16. The quantitative estimate of drug-likeness (QED) is 0.370. The van der Waals surface area contributed by atoms with E-state index in [0.29, 0.717) is 22.3 Å². The molecule has 1 heterocycles. The van der Waals surface area contributed by atoms with Crippen LogP contribution in [0.5, 0.6) is 5.75 Å². The van der Waals surface area contributed by atoms with Gasteiger partial charge in [-0.15, -0.1) is 17.5 Å². The number of benzene rings is 2. The van der Waals surface area contributed by atoms with Gasteiger partial charge in [0.25, 0.3) is 0 Å². The van der Waals surface area contributed by atoms with Crippen LogP contribution >= 0.6 is 47.4 Å². The van der Waals surface area contributed by atoms with Gasteiger partial charge in [-0.2, -0.15) is 4.68 Å². The molecule has 6 nitrogen and oxygen atoms in total. The third-order valence-corrected chi connectivity index (χ3v) is 5.28. The molecule has 0 spiro atoms. The SMILES string of the molecule is COc1c(Cl)cc(Cl)cc1CNCCCSc1nnnn1-c1ccccc1.Cl. The topological polar surface area (TPSA) is 64.9 Å². The van der Waals surface area contributed by atoms with Crippen LogP contribution in [0.15, 0.2) is 47.6 Å². The van der Waals surface area contributed by atoms with Gasteiger partial charge in [-0.05, 0) is 47.7 Å². The van der Waals surface area contributed by atoms with Gasteiger partial charge in [0.15, 0.2) is 0 Å². The summed E-state index contributed by atoms with van der Waals surface area (Å²) in [4.78, 5) is 0. The molecule has 2 aromatic carbocycles. The molecule has 0 amide bonds. The van der Waals surface area contributed by atoms with Crippen molar-refractivity contribution in [3.63, 3.8) is 0 Å². The van der Waals surface area contributed by atoms with Gasteiger partial charge in [-0.1, -0.05) is 53.2 Å². The number of nitrogens with zero attached hydrogens (tertiary/aromatic N) is 4. The Labute approximate surface area is 184 Å². The fourth-order valence-electron chi connectivity index (χ4n) is 2.56. The Morgan fingerprint density at radius 1 is 1.18 bits per heavy atom. The van der Waals surface area contributed by atoms with Gasteiger partial charge in [-0.3, -0.25) is 0 Å². The van der Waals surface area contributed by atoms with Crippen LogP contribution in [0.3, 0.4) is 0 Å². The van der Waals surface area contributed by atoms with Crippen LogP contribution in [-0.4, -0.2) is 39.6 Å². The highest BCUT2D eigenvalue weighted by atomic mass is 35.5. The lowest BCUT2D eigenvalue weighted by Gasteiger charge is -2.12. The van der Waals surface area contributed by atoms with E-state index < -0.39 is 0 Å². The van der Waals surface area contributed by atoms with Crippen LogP contribution < -0.4 is 10.1 Å². The van der Waals surface area contributed by atoms with Gasteiger partial charge in [0, 0.05) is 22.9 Å². The first kappa shape index (κ1) is 22.8. The van der Waals surface area contributed by atoms with Crippen molar-refractivity contribution in [2.75, 3.05) is 19.4 Å². The number of tetrazole rings is 1. The summed E-state index contributed by atoms with van der Waals surface area (Å²) in [6, 6.07) is 13.4. The maximum absolute atomic E-state index is 6.16. The molecule has 3 aromatic rings. The second kappa shape index (κ2) is 11.5. The average molecular weight is 461 g/mol. The fourth-order valence-corrected chi connectivity index (χ4v) is 4.00. The molecule has 10 heteroatoms. The molecule has 0 aliphatic rings. The molecule has 150 valence electrons. The zero-order valence-corrected chi connectivity index (χ0v) is 18.3. The monoisotopic (exact) mass is 459 g/mol. The van der Waals surface area contributed by atoms with Crippen molar-refractivity contribution in [2.24, 2.45) is 0 Å². The summed E-state index contributed by atoms with van der Waals surface area (Å²) in [5.41, 5.74) is 1.89. The highest BCUT2D eigenvalue weighted by Gasteiger charge is 2.10. The minimum absolute atomic E-state index is 0. The Morgan fingerprint density at radius 3 is 2.71 bits per heavy atom. The maximum atomic E-state index is 6.16. The van der Waals surface area contributed by atoms with Crippen LogP contribution in [0.2, 0.25) is 10.0 Å². The van der Waals surface area contributed by atoms with E-state index in [-0.39, 0.29) is 12.4 Å². The van der Waals surface area contributed by atoms with Gasteiger partial charge in [-0.25, -0.2) is 0 Å². The smallest absolute Gasteiger partial charge is 0.214 e. The van der Waals surface area contributed by atoms with E-state index in [4.69, 9.17) is 27.9 Å². The van der Waals surface area contributed by atoms with E-state index in [2.05, 4.69) is 20.8 Å². The van der Waals surface area contributed by atoms with Crippen molar-refractivity contribution in [3.8, 4) is 11.4 Å². The summed E-state index contributed by atoms with van der Waals surface area (Å²) in [7, 11) is 1.60. The van der Waals surface area contributed by atoms with Crippen molar-refractivity contribution in [1.29, 1.82) is 0 Å². The van der Waals surface area contributed by atoms with E-state index in [1.807, 2.05) is 36.4 Å². The zero-order valence-electron chi connectivity index (χ0n) is 15.1. The molecule has 0 bridgehead atoms. The molecular weight excluding hydrogens is 441 g/mol. The number of para-hydroxylation sites is 1. The first-order valence-corrected chi connectivity index (χ1v) is 10.1. The van der Waals surface area contributed by atoms with Crippen LogP contribution in [-0.2, 0) is 6.54 Å². The Bertz CT molecular complexity index is 879. The molecular formula is C18H20Cl3N5OS. The predicted molar refractivity (Wildman–Crippen MR) is 116 cm³/mol. The minimum atomic E-state index is 0.